The van der Waals surface area contributed by atoms with Crippen molar-refractivity contribution < 1.29 is 108 Å². The first-order chi connectivity index (χ1) is 43.0. The van der Waals surface area contributed by atoms with Crippen LogP contribution in [0.4, 0.5) is 9.59 Å². The van der Waals surface area contributed by atoms with Crippen LogP contribution >= 0.6 is 0 Å². The van der Waals surface area contributed by atoms with Gasteiger partial charge in [0.15, 0.2) is 5.78 Å². The SMILES string of the molecule is CN(CCOCCOCCOCCOc1ccc2c(c1)C(=O)N(C1CCC(=O)CC1=O)C2=O)C(=O)OC(C)(C)C.Cc1ccc(S(=O)(=O)OCCOCCOCCOCCN(C)C(=O)OC(C)(C)C)cc1.O=C1CCC(N2C(=O)c3ccc(O)cc3C2=O)C(=O)N1. The molecule has 3 heterocycles. The Bertz CT molecular complexity index is 3160. The molecule has 91 heavy (non-hydrogen) atoms. The van der Waals surface area contributed by atoms with Gasteiger partial charge in [0.1, 0.15) is 41.1 Å². The molecule has 0 bridgehead atoms. The van der Waals surface area contributed by atoms with Gasteiger partial charge in [-0.15, -0.1) is 0 Å². The molecule has 29 heteroatoms. The van der Waals surface area contributed by atoms with E-state index in [2.05, 4.69) is 5.32 Å². The van der Waals surface area contributed by atoms with E-state index in [1.54, 1.807) is 32.3 Å². The number of nitrogens with one attached hydrogen (secondary N) is 1. The van der Waals surface area contributed by atoms with Crippen molar-refractivity contribution >= 4 is 69.3 Å². The third-order valence-corrected chi connectivity index (χ3v) is 14.7. The normalized spacial score (nSPS) is 16.5. The number of hydrogen-bond donors (Lipinski definition) is 2. The van der Waals surface area contributed by atoms with Gasteiger partial charge >= 0.3 is 12.2 Å². The highest BCUT2D eigenvalue weighted by atomic mass is 32.2. The number of rotatable bonds is 29. The highest BCUT2D eigenvalue weighted by Gasteiger charge is 2.46. The molecule has 2 unspecified atom stereocenters. The number of piperidine rings is 1. The Morgan fingerprint density at radius 3 is 1.46 bits per heavy atom. The third kappa shape index (κ3) is 23.8. The van der Waals surface area contributed by atoms with E-state index in [9.17, 15) is 61.5 Å². The standard InChI is InChI=1S/C28H38N2O10.C21H35NO8S.C13H10N2O5/c1-28(2,3)40-27(35)29(4)9-10-36-11-12-37-13-14-38-15-16-39-20-6-7-21-22(18-20)26(34)30(25(21)33)23-8-5-19(31)17-24(23)32;1-18-6-8-19(9-7-18)31(24,25)29-17-16-28-15-14-27-13-12-26-11-10-22(5)20(23)30-21(2,3)4;16-6-1-2-7-8(5-6)13(20)15(12(7)19)9-3-4-10(17)14-11(9)18/h6-7,18,23H,5,8-17H2,1-4H3;6-9H,10-17H2,1-5H3;1-2,5,9,16H,3-4H2,(H,14,17,18). The third-order valence-electron chi connectivity index (χ3n) is 13.4. The summed E-state index contributed by atoms with van der Waals surface area (Å²) in [6.45, 7) is 17.9. The van der Waals surface area contributed by atoms with E-state index in [1.165, 1.54) is 52.3 Å². The lowest BCUT2D eigenvalue weighted by Crippen LogP contribution is -2.54. The first-order valence-corrected chi connectivity index (χ1v) is 30.9. The van der Waals surface area contributed by atoms with E-state index in [1.807, 2.05) is 48.5 Å². The van der Waals surface area contributed by atoms with Crippen molar-refractivity contribution in [1.29, 1.82) is 0 Å². The molecule has 7 rings (SSSR count). The summed E-state index contributed by atoms with van der Waals surface area (Å²) in [7, 11) is -0.462. The number of aromatic hydroxyl groups is 1. The molecule has 0 aromatic heterocycles. The Kier molecular flexibility index (Phi) is 28.6. The number of hydrogen-bond acceptors (Lipinski definition) is 23. The summed E-state index contributed by atoms with van der Waals surface area (Å²) >= 11 is 0. The minimum Gasteiger partial charge on any atom is -0.508 e. The van der Waals surface area contributed by atoms with Crippen LogP contribution in [0.3, 0.4) is 0 Å². The molecule has 3 aromatic rings. The average Bonchev–Trinajstić information content (AvgIpc) is 1.65. The average molecular weight is 1300 g/mol. The fourth-order valence-corrected chi connectivity index (χ4v) is 9.64. The molecule has 2 atom stereocenters. The van der Waals surface area contributed by atoms with Crippen LogP contribution in [0.25, 0.3) is 0 Å². The summed E-state index contributed by atoms with van der Waals surface area (Å²) < 4.78 is 77.6. The largest absolute Gasteiger partial charge is 0.508 e. The second kappa shape index (κ2) is 35.2. The van der Waals surface area contributed by atoms with Crippen LogP contribution in [-0.4, -0.2) is 235 Å². The lowest BCUT2D eigenvalue weighted by molar-refractivity contribution is -0.136. The van der Waals surface area contributed by atoms with E-state index in [-0.39, 0.29) is 103 Å². The zero-order valence-electron chi connectivity index (χ0n) is 52.9. The summed E-state index contributed by atoms with van der Waals surface area (Å²) in [5.74, 6) is -3.66. The number of carbonyl (C=O) groups excluding carboxylic acids is 10. The molecule has 2 N–H and O–H groups in total. The highest BCUT2D eigenvalue weighted by Crippen LogP contribution is 2.32. The quantitative estimate of drug-likeness (QED) is 0.0412. The molecular formula is C62H83N5O23S. The number of phenols is 1. The molecule has 1 saturated heterocycles. The van der Waals surface area contributed by atoms with Crippen molar-refractivity contribution in [3.63, 3.8) is 0 Å². The van der Waals surface area contributed by atoms with Crippen molar-refractivity contribution in [3.05, 3.63) is 88.5 Å². The van der Waals surface area contributed by atoms with Crippen LogP contribution in [0.1, 0.15) is 121 Å². The maximum absolute atomic E-state index is 12.9. The molecule has 2 fully saturated rings. The second-order valence-corrected chi connectivity index (χ2v) is 24.6. The van der Waals surface area contributed by atoms with Gasteiger partial charge in [0.25, 0.3) is 33.7 Å². The Balaban J connectivity index is 0.000000261. The van der Waals surface area contributed by atoms with Crippen LogP contribution in [0.2, 0.25) is 0 Å². The van der Waals surface area contributed by atoms with Crippen molar-refractivity contribution in [2.45, 2.75) is 109 Å². The molecule has 3 aliphatic heterocycles. The number of imide groups is 3. The predicted octanol–water partition coefficient (Wildman–Crippen LogP) is 4.68. The summed E-state index contributed by atoms with van der Waals surface area (Å²) in [4.78, 5) is 125. The maximum atomic E-state index is 12.9. The number of aryl methyl sites for hydroxylation is 1. The molecule has 28 nitrogen and oxygen atoms in total. The molecule has 4 aliphatic rings. The molecule has 8 amide bonds. The number of likely N-dealkylation sites (N-methyl/N-ethyl adjacent to an activating group) is 2. The van der Waals surface area contributed by atoms with Crippen molar-refractivity contribution in [2.24, 2.45) is 0 Å². The number of benzene rings is 3. The Morgan fingerprint density at radius 2 is 0.978 bits per heavy atom. The van der Waals surface area contributed by atoms with Crippen LogP contribution < -0.4 is 10.1 Å². The number of amides is 8. The first-order valence-electron chi connectivity index (χ1n) is 29.5. The number of nitrogens with zero attached hydrogens (tertiary/aromatic N) is 4. The van der Waals surface area contributed by atoms with Crippen molar-refractivity contribution in [2.75, 3.05) is 120 Å². The molecule has 0 spiro atoms. The van der Waals surface area contributed by atoms with Crippen LogP contribution in [-0.2, 0) is 71.4 Å². The smallest absolute Gasteiger partial charge is 0.410 e. The van der Waals surface area contributed by atoms with Gasteiger partial charge in [0, 0.05) is 40.0 Å². The van der Waals surface area contributed by atoms with E-state index >= 15 is 0 Å². The Labute approximate surface area is 529 Å². The molecule has 3 aromatic carbocycles. The fourth-order valence-electron chi connectivity index (χ4n) is 8.75. The zero-order valence-corrected chi connectivity index (χ0v) is 53.7. The summed E-state index contributed by atoms with van der Waals surface area (Å²) in [6, 6.07) is 13.0. The van der Waals surface area contributed by atoms with Gasteiger partial charge in [0.2, 0.25) is 11.8 Å². The summed E-state index contributed by atoms with van der Waals surface area (Å²) in [5.41, 5.74) is 0.528. The molecule has 1 aliphatic carbocycles. The van der Waals surface area contributed by atoms with E-state index in [4.69, 9.17) is 46.8 Å². The maximum Gasteiger partial charge on any atom is 0.410 e. The topological polar surface area (TPSA) is 342 Å². The zero-order chi connectivity index (χ0) is 67.1. The van der Waals surface area contributed by atoms with Gasteiger partial charge < -0.3 is 57.5 Å². The summed E-state index contributed by atoms with van der Waals surface area (Å²) in [5, 5.41) is 11.5. The van der Waals surface area contributed by atoms with Gasteiger partial charge in [-0.3, -0.25) is 57.7 Å². The Morgan fingerprint density at radius 1 is 0.549 bits per heavy atom. The fraction of sp³-hybridized carbons (Fsp3) is 0.548. The molecule has 500 valence electrons. The van der Waals surface area contributed by atoms with Gasteiger partial charge in [-0.2, -0.15) is 8.42 Å². The van der Waals surface area contributed by atoms with E-state index in [0.717, 1.165) is 15.4 Å². The van der Waals surface area contributed by atoms with Crippen molar-refractivity contribution in [1.82, 2.24) is 24.9 Å². The van der Waals surface area contributed by atoms with E-state index in [0.29, 0.717) is 84.9 Å². The number of carbonyl (C=O) groups is 10. The van der Waals surface area contributed by atoms with Gasteiger partial charge in [0.05, 0.1) is 126 Å². The number of phenolic OH excluding ortho intramolecular Hbond substituents is 1. The van der Waals surface area contributed by atoms with Gasteiger partial charge in [-0.25, -0.2) is 9.59 Å². The highest BCUT2D eigenvalue weighted by molar-refractivity contribution is 7.86. The number of ketones is 2. The lowest BCUT2D eigenvalue weighted by Gasteiger charge is -2.27. The minimum atomic E-state index is -3.77. The van der Waals surface area contributed by atoms with Crippen LogP contribution in [0.15, 0.2) is 65.6 Å². The number of ether oxygens (including phenoxy) is 9. The monoisotopic (exact) mass is 1300 g/mol. The van der Waals surface area contributed by atoms with Crippen molar-refractivity contribution in [3.8, 4) is 11.5 Å². The van der Waals surface area contributed by atoms with Crippen LogP contribution in [0, 0.1) is 6.92 Å². The molecule has 1 saturated carbocycles. The number of Topliss-reactive ketones (excluding diaryl/α,β-unsaturated/α-hetero) is 2. The van der Waals surface area contributed by atoms with Gasteiger partial charge in [-0.05, 0) is 110 Å². The summed E-state index contributed by atoms with van der Waals surface area (Å²) in [6.07, 6.45) is -0.510. The Hall–Kier alpha value is -7.77. The van der Waals surface area contributed by atoms with Gasteiger partial charge in [-0.1, -0.05) is 17.7 Å². The lowest BCUT2D eigenvalue weighted by atomic mass is 9.92. The molecular weight excluding hydrogens is 1210 g/mol. The molecule has 0 radical (unpaired) electrons. The number of fused-ring (bicyclic) bond motifs is 2. The minimum absolute atomic E-state index is 0.0650. The first kappa shape index (κ1) is 74.0. The predicted molar refractivity (Wildman–Crippen MR) is 322 cm³/mol. The van der Waals surface area contributed by atoms with Crippen LogP contribution in [0.5, 0.6) is 11.5 Å². The van der Waals surface area contributed by atoms with E-state index < -0.39 is 80.7 Å². The second-order valence-electron chi connectivity index (χ2n) is 23.0.